The summed E-state index contributed by atoms with van der Waals surface area (Å²) in [6, 6.07) is 3.49. The van der Waals surface area contributed by atoms with Crippen molar-refractivity contribution >= 4 is 23.1 Å². The van der Waals surface area contributed by atoms with Crippen LogP contribution >= 0.6 is 12.2 Å². The number of aromatic hydroxyl groups is 1. The van der Waals surface area contributed by atoms with E-state index < -0.39 is 5.82 Å². The van der Waals surface area contributed by atoms with Gasteiger partial charge in [-0.05, 0) is 31.0 Å². The lowest BCUT2D eigenvalue weighted by molar-refractivity contribution is 0.0744. The van der Waals surface area contributed by atoms with Crippen LogP contribution in [0.5, 0.6) is 5.75 Å². The van der Waals surface area contributed by atoms with Crippen LogP contribution in [0.15, 0.2) is 18.2 Å². The van der Waals surface area contributed by atoms with Crippen molar-refractivity contribution in [2.45, 2.75) is 25.3 Å². The zero-order chi connectivity index (χ0) is 14.0. The molecule has 0 spiro atoms. The van der Waals surface area contributed by atoms with Crippen molar-refractivity contribution in [3.63, 3.8) is 0 Å². The SMILES string of the molecule is NC(=S)CCN(C(=O)c1cc(F)ccc1O)C1CC1. The van der Waals surface area contributed by atoms with E-state index in [1.165, 1.54) is 6.07 Å². The lowest BCUT2D eigenvalue weighted by Gasteiger charge is -2.22. The van der Waals surface area contributed by atoms with Crippen molar-refractivity contribution in [3.8, 4) is 5.75 Å². The highest BCUT2D eigenvalue weighted by Gasteiger charge is 2.33. The zero-order valence-electron chi connectivity index (χ0n) is 10.3. The predicted octanol–water partition coefficient (Wildman–Crippen LogP) is 1.81. The van der Waals surface area contributed by atoms with E-state index in [1.807, 2.05) is 0 Å². The van der Waals surface area contributed by atoms with Gasteiger partial charge in [-0.25, -0.2) is 4.39 Å². The Bertz CT molecular complexity index is 517. The van der Waals surface area contributed by atoms with Gasteiger partial charge in [0.15, 0.2) is 0 Å². The molecular weight excluding hydrogens is 267 g/mol. The standard InChI is InChI=1S/C13H15FN2O2S/c14-8-1-4-11(17)10(7-8)13(18)16(9-2-3-9)6-5-12(15)19/h1,4,7,9,17H,2-3,5-6H2,(H2,15,19). The molecule has 1 saturated carbocycles. The van der Waals surface area contributed by atoms with Crippen LogP contribution in [0.2, 0.25) is 0 Å². The van der Waals surface area contributed by atoms with Crippen LogP contribution in [0, 0.1) is 5.82 Å². The minimum Gasteiger partial charge on any atom is -0.507 e. The van der Waals surface area contributed by atoms with Crippen molar-refractivity contribution in [3.05, 3.63) is 29.6 Å². The average Bonchev–Trinajstić information content (AvgIpc) is 3.16. The first-order valence-electron chi connectivity index (χ1n) is 6.07. The van der Waals surface area contributed by atoms with Gasteiger partial charge in [-0.15, -0.1) is 0 Å². The van der Waals surface area contributed by atoms with Crippen molar-refractivity contribution < 1.29 is 14.3 Å². The number of carbonyl (C=O) groups is 1. The maximum atomic E-state index is 13.2. The summed E-state index contributed by atoms with van der Waals surface area (Å²) in [5, 5.41) is 9.67. The van der Waals surface area contributed by atoms with Gasteiger partial charge >= 0.3 is 0 Å². The normalized spacial score (nSPS) is 14.2. The highest BCUT2D eigenvalue weighted by atomic mass is 32.1. The van der Waals surface area contributed by atoms with Crippen LogP contribution in [0.3, 0.4) is 0 Å². The fourth-order valence-electron chi connectivity index (χ4n) is 1.90. The van der Waals surface area contributed by atoms with Crippen LogP contribution in [-0.4, -0.2) is 33.5 Å². The first-order valence-corrected chi connectivity index (χ1v) is 6.47. The van der Waals surface area contributed by atoms with Crippen LogP contribution in [-0.2, 0) is 0 Å². The Morgan fingerprint density at radius 3 is 2.79 bits per heavy atom. The second-order valence-electron chi connectivity index (χ2n) is 4.61. The van der Waals surface area contributed by atoms with Crippen LogP contribution in [0.1, 0.15) is 29.6 Å². The molecule has 1 fully saturated rings. The molecule has 102 valence electrons. The monoisotopic (exact) mass is 282 g/mol. The molecule has 2 rings (SSSR count). The average molecular weight is 282 g/mol. The number of hydrogen-bond donors (Lipinski definition) is 2. The molecular formula is C13H15FN2O2S. The number of thiocarbonyl (C=S) groups is 1. The molecule has 1 aliphatic rings. The molecule has 0 atom stereocenters. The molecule has 1 aromatic carbocycles. The van der Waals surface area contributed by atoms with Crippen LogP contribution < -0.4 is 5.73 Å². The Morgan fingerprint density at radius 2 is 2.21 bits per heavy atom. The number of halogens is 1. The number of phenols is 1. The first-order chi connectivity index (χ1) is 8.99. The van der Waals surface area contributed by atoms with Crippen molar-refractivity contribution in [2.75, 3.05) is 6.54 Å². The second-order valence-corrected chi connectivity index (χ2v) is 5.13. The molecule has 6 heteroatoms. The number of rotatable bonds is 5. The van der Waals surface area contributed by atoms with Crippen molar-refractivity contribution in [2.24, 2.45) is 5.73 Å². The van der Waals surface area contributed by atoms with Gasteiger partial charge < -0.3 is 15.7 Å². The Labute approximate surface area is 116 Å². The summed E-state index contributed by atoms with van der Waals surface area (Å²) in [4.78, 5) is 14.3. The summed E-state index contributed by atoms with van der Waals surface area (Å²) in [6.07, 6.45) is 2.26. The summed E-state index contributed by atoms with van der Waals surface area (Å²) in [6.45, 7) is 0.398. The fourth-order valence-corrected chi connectivity index (χ4v) is 1.99. The third-order valence-electron chi connectivity index (χ3n) is 3.04. The summed E-state index contributed by atoms with van der Waals surface area (Å²) in [5.41, 5.74) is 5.42. The van der Waals surface area contributed by atoms with Gasteiger partial charge in [0.05, 0.1) is 10.6 Å². The van der Waals surface area contributed by atoms with Crippen molar-refractivity contribution in [1.29, 1.82) is 0 Å². The topological polar surface area (TPSA) is 66.6 Å². The Kier molecular flexibility index (Phi) is 3.99. The second kappa shape index (κ2) is 5.52. The number of carbonyl (C=O) groups excluding carboxylic acids is 1. The molecule has 0 bridgehead atoms. The van der Waals surface area contributed by atoms with E-state index in [2.05, 4.69) is 0 Å². The zero-order valence-corrected chi connectivity index (χ0v) is 11.1. The summed E-state index contributed by atoms with van der Waals surface area (Å²) in [7, 11) is 0. The van der Waals surface area contributed by atoms with Gasteiger partial charge in [-0.2, -0.15) is 0 Å². The minimum absolute atomic E-state index is 0.0187. The van der Waals surface area contributed by atoms with Gasteiger partial charge in [-0.1, -0.05) is 12.2 Å². The number of nitrogens with zero attached hydrogens (tertiary/aromatic N) is 1. The number of phenolic OH excluding ortho intramolecular Hbond substituents is 1. The predicted molar refractivity (Wildman–Crippen MR) is 73.5 cm³/mol. The summed E-state index contributed by atoms with van der Waals surface area (Å²) in [5.74, 6) is -1.14. The molecule has 0 aliphatic heterocycles. The van der Waals surface area contributed by atoms with Crippen LogP contribution in [0.4, 0.5) is 4.39 Å². The Hall–Kier alpha value is -1.69. The first kappa shape index (κ1) is 13.7. The van der Waals surface area contributed by atoms with Gasteiger partial charge in [0.1, 0.15) is 11.6 Å². The molecule has 1 amide bonds. The van der Waals surface area contributed by atoms with Crippen molar-refractivity contribution in [1.82, 2.24) is 4.90 Å². The van der Waals surface area contributed by atoms with E-state index >= 15 is 0 Å². The molecule has 1 aliphatic carbocycles. The smallest absolute Gasteiger partial charge is 0.257 e. The van der Waals surface area contributed by atoms with Gasteiger partial charge in [0.2, 0.25) is 0 Å². The molecule has 0 radical (unpaired) electrons. The molecule has 19 heavy (non-hydrogen) atoms. The molecule has 0 aromatic heterocycles. The largest absolute Gasteiger partial charge is 0.507 e. The third-order valence-corrected chi connectivity index (χ3v) is 3.24. The highest BCUT2D eigenvalue weighted by Crippen LogP contribution is 2.30. The Balaban J connectivity index is 2.18. The maximum Gasteiger partial charge on any atom is 0.257 e. The molecule has 3 N–H and O–H groups in total. The maximum absolute atomic E-state index is 13.2. The number of amides is 1. The quantitative estimate of drug-likeness (QED) is 0.808. The number of benzene rings is 1. The van der Waals surface area contributed by atoms with Crippen LogP contribution in [0.25, 0.3) is 0 Å². The highest BCUT2D eigenvalue weighted by molar-refractivity contribution is 7.80. The molecule has 0 heterocycles. The molecule has 0 saturated heterocycles. The minimum atomic E-state index is -0.550. The third kappa shape index (κ3) is 3.41. The van der Waals surface area contributed by atoms with Gasteiger partial charge in [0.25, 0.3) is 5.91 Å². The van der Waals surface area contributed by atoms with E-state index in [0.717, 1.165) is 25.0 Å². The molecule has 0 unspecified atom stereocenters. The van der Waals surface area contributed by atoms with Gasteiger partial charge in [-0.3, -0.25) is 4.79 Å². The molecule has 1 aromatic rings. The van der Waals surface area contributed by atoms with E-state index in [4.69, 9.17) is 18.0 Å². The molecule has 4 nitrogen and oxygen atoms in total. The Morgan fingerprint density at radius 1 is 1.53 bits per heavy atom. The number of nitrogens with two attached hydrogens (primary N) is 1. The summed E-state index contributed by atoms with van der Waals surface area (Å²) < 4.78 is 13.2. The van der Waals surface area contributed by atoms with E-state index in [-0.39, 0.29) is 23.3 Å². The van der Waals surface area contributed by atoms with Gasteiger partial charge in [0, 0.05) is 19.0 Å². The number of hydrogen-bond acceptors (Lipinski definition) is 3. The fraction of sp³-hybridized carbons (Fsp3) is 0.385. The summed E-state index contributed by atoms with van der Waals surface area (Å²) >= 11 is 4.80. The van der Waals surface area contributed by atoms with E-state index in [9.17, 15) is 14.3 Å². The van der Waals surface area contributed by atoms with E-state index in [0.29, 0.717) is 18.0 Å². The lowest BCUT2D eigenvalue weighted by Crippen LogP contribution is -2.35. The lowest BCUT2D eigenvalue weighted by atomic mass is 10.1. The van der Waals surface area contributed by atoms with E-state index in [1.54, 1.807) is 4.90 Å².